The van der Waals surface area contributed by atoms with E-state index in [1.54, 1.807) is 0 Å². The summed E-state index contributed by atoms with van der Waals surface area (Å²) >= 11 is 3.32. The molecule has 0 aliphatic carbocycles. The molecule has 0 saturated carbocycles. The van der Waals surface area contributed by atoms with E-state index in [4.69, 9.17) is 4.44 Å². The highest BCUT2D eigenvalue weighted by molar-refractivity contribution is 9.24. The molecule has 0 aromatic rings. The fourth-order valence-electron chi connectivity index (χ4n) is 0.436. The van der Waals surface area contributed by atoms with E-state index in [9.17, 15) is 0 Å². The number of hydrogen-bond acceptors (Lipinski definition) is 1. The summed E-state index contributed by atoms with van der Waals surface area (Å²) in [5.41, 5.74) is 0.204. The minimum absolute atomic E-state index is 0.204. The van der Waals surface area contributed by atoms with Gasteiger partial charge in [-0.05, 0) is 6.82 Å². The van der Waals surface area contributed by atoms with Crippen molar-refractivity contribution in [3.05, 3.63) is 0 Å². The predicted octanol–water partition coefficient (Wildman–Crippen LogP) is 2.34. The van der Waals surface area contributed by atoms with Gasteiger partial charge in [-0.1, -0.05) is 0 Å². The summed E-state index contributed by atoms with van der Waals surface area (Å²) in [6, 6.07) is 0. The molecular formula is C4H12BBrOP+. The molecule has 0 N–H and O–H groups in total. The van der Waals surface area contributed by atoms with Crippen molar-refractivity contribution in [3.8, 4) is 0 Å². The molecule has 0 bridgehead atoms. The zero-order valence-corrected chi connectivity index (χ0v) is 8.29. The largest absolute Gasteiger partial charge is 0.422 e. The molecule has 0 saturated heterocycles. The van der Waals surface area contributed by atoms with Gasteiger partial charge in [0.15, 0.2) is 0 Å². The summed E-state index contributed by atoms with van der Waals surface area (Å²) in [7, 11) is -1.02. The van der Waals surface area contributed by atoms with E-state index in [0.717, 1.165) is 0 Å². The molecule has 48 valence electrons. The summed E-state index contributed by atoms with van der Waals surface area (Å²) in [5, 5.41) is 0. The monoisotopic (exact) mass is 197 g/mol. The third kappa shape index (κ3) is 6.93. The zero-order valence-electron chi connectivity index (χ0n) is 5.81. The average Bonchev–Trinajstić information content (AvgIpc) is 1.21. The van der Waals surface area contributed by atoms with E-state index in [2.05, 4.69) is 35.8 Å². The molecule has 0 aliphatic rings. The Balaban J connectivity index is 3.39. The van der Waals surface area contributed by atoms with Gasteiger partial charge in [-0.25, -0.2) is 0 Å². The van der Waals surface area contributed by atoms with E-state index >= 15 is 0 Å². The van der Waals surface area contributed by atoms with Crippen LogP contribution in [0.2, 0.25) is 6.82 Å². The first-order valence-corrected chi connectivity index (χ1v) is 6.52. The Morgan fingerprint density at radius 1 is 1.38 bits per heavy atom. The van der Waals surface area contributed by atoms with Crippen molar-refractivity contribution in [1.82, 2.24) is 0 Å². The molecule has 0 atom stereocenters. The maximum absolute atomic E-state index is 5.47. The normalized spacial score (nSPS) is 11.6. The minimum Gasteiger partial charge on any atom is -0.286 e. The molecule has 0 rings (SSSR count). The standard InChI is InChI=1S/C4H12BBrOP/c1-5(6)7-8(2,3)4/h1-4H3/q+1. The molecule has 0 radical (unpaired) electrons. The van der Waals surface area contributed by atoms with Gasteiger partial charge in [0.1, 0.15) is 7.49 Å². The van der Waals surface area contributed by atoms with E-state index < -0.39 is 7.49 Å². The van der Waals surface area contributed by atoms with Gasteiger partial charge in [-0.2, -0.15) is 0 Å². The summed E-state index contributed by atoms with van der Waals surface area (Å²) < 4.78 is 5.47. The molecular weight excluding hydrogens is 186 g/mol. The van der Waals surface area contributed by atoms with Gasteiger partial charge < -0.3 is 0 Å². The van der Waals surface area contributed by atoms with Gasteiger partial charge in [0.2, 0.25) is 0 Å². The van der Waals surface area contributed by atoms with E-state index in [0.29, 0.717) is 0 Å². The fraction of sp³-hybridized carbons (Fsp3) is 1.00. The van der Waals surface area contributed by atoms with E-state index in [1.165, 1.54) is 0 Å². The van der Waals surface area contributed by atoms with Crippen LogP contribution in [0.25, 0.3) is 0 Å². The lowest BCUT2D eigenvalue weighted by Crippen LogP contribution is -2.03. The second kappa shape index (κ2) is 3.19. The van der Waals surface area contributed by atoms with Gasteiger partial charge in [0, 0.05) is 0 Å². The van der Waals surface area contributed by atoms with Crippen LogP contribution in [-0.4, -0.2) is 25.7 Å². The lowest BCUT2D eigenvalue weighted by molar-refractivity contribution is 0.656. The molecule has 0 unspecified atom stereocenters. The molecule has 8 heavy (non-hydrogen) atoms. The smallest absolute Gasteiger partial charge is 0.286 e. The summed E-state index contributed by atoms with van der Waals surface area (Å²) in [6.45, 7) is 8.42. The maximum atomic E-state index is 5.47. The summed E-state index contributed by atoms with van der Waals surface area (Å²) in [5.74, 6) is 0. The molecule has 0 fully saturated rings. The molecule has 1 nitrogen and oxygen atoms in total. The van der Waals surface area contributed by atoms with Crippen molar-refractivity contribution in [2.24, 2.45) is 0 Å². The Kier molecular flexibility index (Phi) is 3.56. The Morgan fingerprint density at radius 3 is 1.75 bits per heavy atom. The third-order valence-corrected chi connectivity index (χ3v) is 1.89. The van der Waals surface area contributed by atoms with Crippen LogP contribution < -0.4 is 0 Å². The van der Waals surface area contributed by atoms with Crippen LogP contribution in [0.5, 0.6) is 0 Å². The lowest BCUT2D eigenvalue weighted by Gasteiger charge is -2.11. The molecule has 4 heteroatoms. The fourth-order valence-corrected chi connectivity index (χ4v) is 2.81. The van der Waals surface area contributed by atoms with Crippen molar-refractivity contribution in [1.29, 1.82) is 0 Å². The van der Waals surface area contributed by atoms with Crippen molar-refractivity contribution in [2.75, 3.05) is 20.0 Å². The first-order chi connectivity index (χ1) is 3.42. The van der Waals surface area contributed by atoms with Crippen LogP contribution in [0.3, 0.4) is 0 Å². The van der Waals surface area contributed by atoms with Gasteiger partial charge in [-0.15, -0.1) is 15.8 Å². The van der Waals surface area contributed by atoms with Crippen molar-refractivity contribution < 1.29 is 4.44 Å². The predicted molar refractivity (Wildman–Crippen MR) is 46.3 cm³/mol. The molecule has 0 heterocycles. The number of halogens is 1. The Morgan fingerprint density at radius 2 is 1.75 bits per heavy atom. The summed E-state index contributed by atoms with van der Waals surface area (Å²) in [6.07, 6.45) is 0. The molecule has 0 aromatic heterocycles. The number of hydrogen-bond donors (Lipinski definition) is 0. The second-order valence-corrected chi connectivity index (χ2v) is 7.82. The van der Waals surface area contributed by atoms with Crippen LogP contribution in [0, 0.1) is 0 Å². The Hall–Kier alpha value is 0.935. The maximum Gasteiger partial charge on any atom is 0.422 e. The lowest BCUT2D eigenvalue weighted by atomic mass is 10.1. The average molecular weight is 198 g/mol. The molecule has 0 spiro atoms. The van der Waals surface area contributed by atoms with Crippen molar-refractivity contribution >= 4 is 29.0 Å². The highest BCUT2D eigenvalue weighted by Crippen LogP contribution is 2.48. The second-order valence-electron chi connectivity index (χ2n) is 2.54. The minimum atomic E-state index is -1.02. The van der Waals surface area contributed by atoms with Gasteiger partial charge in [0.25, 0.3) is 0 Å². The third-order valence-electron chi connectivity index (χ3n) is 0.461. The van der Waals surface area contributed by atoms with Crippen molar-refractivity contribution in [2.45, 2.75) is 6.82 Å². The first kappa shape index (κ1) is 8.93. The van der Waals surface area contributed by atoms with Crippen LogP contribution in [0.1, 0.15) is 0 Å². The number of rotatable bonds is 2. The van der Waals surface area contributed by atoms with Crippen LogP contribution >= 0.6 is 23.2 Å². The van der Waals surface area contributed by atoms with Gasteiger partial charge >= 0.3 is 5.74 Å². The van der Waals surface area contributed by atoms with Crippen molar-refractivity contribution in [3.63, 3.8) is 0 Å². The highest BCUT2D eigenvalue weighted by Gasteiger charge is 2.22. The van der Waals surface area contributed by atoms with Gasteiger partial charge in [-0.3, -0.25) is 4.44 Å². The topological polar surface area (TPSA) is 9.23 Å². The molecule has 0 aromatic carbocycles. The van der Waals surface area contributed by atoms with Crippen LogP contribution in [0.15, 0.2) is 0 Å². The highest BCUT2D eigenvalue weighted by atomic mass is 79.9. The zero-order chi connectivity index (χ0) is 6.78. The Labute approximate surface area is 60.7 Å². The Bertz CT molecular complexity index is 70.9. The molecule has 0 amide bonds. The van der Waals surface area contributed by atoms with E-state index in [-0.39, 0.29) is 5.74 Å². The summed E-state index contributed by atoms with van der Waals surface area (Å²) in [4.78, 5) is 0. The SMILES string of the molecule is CB(Br)O[P+](C)(C)C. The van der Waals surface area contributed by atoms with Crippen LogP contribution in [-0.2, 0) is 4.44 Å². The van der Waals surface area contributed by atoms with Crippen LogP contribution in [0.4, 0.5) is 0 Å². The van der Waals surface area contributed by atoms with Gasteiger partial charge in [0.05, 0.1) is 20.0 Å². The first-order valence-electron chi connectivity index (χ1n) is 2.56. The molecule has 0 aliphatic heterocycles. The quantitative estimate of drug-likeness (QED) is 0.488. The van der Waals surface area contributed by atoms with E-state index in [1.807, 2.05) is 6.82 Å².